The Hall–Kier alpha value is -1.25. The van der Waals surface area contributed by atoms with Crippen molar-refractivity contribution in [3.8, 4) is 0 Å². The van der Waals surface area contributed by atoms with Crippen LogP contribution >= 0.6 is 11.8 Å². The largest absolute Gasteiger partial charge is 0.389 e. The molecule has 0 spiro atoms. The van der Waals surface area contributed by atoms with Gasteiger partial charge in [-0.15, -0.1) is 11.8 Å². The van der Waals surface area contributed by atoms with Crippen molar-refractivity contribution < 1.29 is 5.11 Å². The molecule has 1 atom stereocenters. The van der Waals surface area contributed by atoms with Crippen LogP contribution in [0.3, 0.4) is 0 Å². The molecule has 0 aromatic heterocycles. The standard InChI is InChI=1S/C16H18OS/c1-12-6-5-7-14(10-12)11-18-16-9-4-3-8-15(16)13(2)17/h3-10,13,17H,11H2,1-2H3/t13-/m0/s1. The SMILES string of the molecule is Cc1cccc(CSc2ccccc2[C@H](C)O)c1. The Labute approximate surface area is 113 Å². The van der Waals surface area contributed by atoms with Crippen molar-refractivity contribution in [3.05, 3.63) is 65.2 Å². The Morgan fingerprint density at radius 2 is 1.89 bits per heavy atom. The number of hydrogen-bond donors (Lipinski definition) is 1. The molecule has 0 saturated heterocycles. The normalized spacial score (nSPS) is 12.4. The van der Waals surface area contributed by atoms with E-state index in [2.05, 4.69) is 37.3 Å². The first-order valence-corrected chi connectivity index (χ1v) is 7.10. The van der Waals surface area contributed by atoms with Gasteiger partial charge in [-0.2, -0.15) is 0 Å². The molecule has 0 aliphatic carbocycles. The second-order valence-corrected chi connectivity index (χ2v) is 5.51. The maximum absolute atomic E-state index is 9.73. The molecule has 0 heterocycles. The van der Waals surface area contributed by atoms with E-state index in [0.29, 0.717) is 0 Å². The lowest BCUT2D eigenvalue weighted by molar-refractivity contribution is 0.196. The quantitative estimate of drug-likeness (QED) is 0.823. The lowest BCUT2D eigenvalue weighted by Crippen LogP contribution is -1.93. The Kier molecular flexibility index (Phi) is 4.45. The highest BCUT2D eigenvalue weighted by Crippen LogP contribution is 2.29. The third-order valence-electron chi connectivity index (χ3n) is 2.85. The average molecular weight is 258 g/mol. The summed E-state index contributed by atoms with van der Waals surface area (Å²) >= 11 is 1.78. The summed E-state index contributed by atoms with van der Waals surface area (Å²) in [6.07, 6.45) is -0.411. The van der Waals surface area contributed by atoms with Crippen molar-refractivity contribution >= 4 is 11.8 Å². The predicted molar refractivity (Wildman–Crippen MR) is 77.8 cm³/mol. The number of hydrogen-bond acceptors (Lipinski definition) is 2. The van der Waals surface area contributed by atoms with Crippen molar-refractivity contribution in [3.63, 3.8) is 0 Å². The molecule has 2 rings (SSSR count). The minimum absolute atomic E-state index is 0.411. The molecule has 94 valence electrons. The molecule has 0 unspecified atom stereocenters. The van der Waals surface area contributed by atoms with Crippen LogP contribution in [0.2, 0.25) is 0 Å². The summed E-state index contributed by atoms with van der Waals surface area (Å²) in [5, 5.41) is 9.73. The molecule has 0 fully saturated rings. The van der Waals surface area contributed by atoms with Crippen LogP contribution in [0.5, 0.6) is 0 Å². The van der Waals surface area contributed by atoms with Gasteiger partial charge < -0.3 is 5.11 Å². The Morgan fingerprint density at radius 3 is 2.61 bits per heavy atom. The van der Waals surface area contributed by atoms with Gasteiger partial charge in [0.1, 0.15) is 0 Å². The Morgan fingerprint density at radius 1 is 1.11 bits per heavy atom. The van der Waals surface area contributed by atoms with Crippen molar-refractivity contribution in [1.82, 2.24) is 0 Å². The highest BCUT2D eigenvalue weighted by atomic mass is 32.2. The number of benzene rings is 2. The van der Waals surface area contributed by atoms with Gasteiger partial charge in [0.15, 0.2) is 0 Å². The van der Waals surface area contributed by atoms with Crippen molar-refractivity contribution in [2.24, 2.45) is 0 Å². The summed E-state index contributed by atoms with van der Waals surface area (Å²) in [6.45, 7) is 3.92. The minimum atomic E-state index is -0.411. The Balaban J connectivity index is 2.11. The molecule has 0 aliphatic rings. The predicted octanol–water partition coefficient (Wildman–Crippen LogP) is 4.34. The third-order valence-corrected chi connectivity index (χ3v) is 4.01. The third kappa shape index (κ3) is 3.37. The fourth-order valence-corrected chi connectivity index (χ4v) is 3.00. The zero-order valence-corrected chi connectivity index (χ0v) is 11.6. The van der Waals surface area contributed by atoms with Crippen molar-refractivity contribution in [1.29, 1.82) is 0 Å². The van der Waals surface area contributed by atoms with Crippen LogP contribution in [0.25, 0.3) is 0 Å². The van der Waals surface area contributed by atoms with Crippen LogP contribution in [0.1, 0.15) is 29.7 Å². The van der Waals surface area contributed by atoms with Gasteiger partial charge in [0.2, 0.25) is 0 Å². The van der Waals surface area contributed by atoms with Gasteiger partial charge in [-0.25, -0.2) is 0 Å². The molecule has 2 aromatic rings. The average Bonchev–Trinajstić information content (AvgIpc) is 2.37. The zero-order valence-electron chi connectivity index (χ0n) is 10.8. The fraction of sp³-hybridized carbons (Fsp3) is 0.250. The van der Waals surface area contributed by atoms with Gasteiger partial charge >= 0.3 is 0 Å². The topological polar surface area (TPSA) is 20.2 Å². The van der Waals surface area contributed by atoms with E-state index in [1.807, 2.05) is 25.1 Å². The molecule has 2 aromatic carbocycles. The van der Waals surface area contributed by atoms with Crippen LogP contribution in [0, 0.1) is 6.92 Å². The molecule has 0 saturated carbocycles. The number of aliphatic hydroxyl groups is 1. The van der Waals surface area contributed by atoms with Gasteiger partial charge in [-0.05, 0) is 31.0 Å². The first-order valence-electron chi connectivity index (χ1n) is 6.12. The van der Waals surface area contributed by atoms with Crippen LogP contribution in [-0.4, -0.2) is 5.11 Å². The molecular formula is C16H18OS. The summed E-state index contributed by atoms with van der Waals surface area (Å²) in [4.78, 5) is 1.16. The second kappa shape index (κ2) is 6.07. The number of aliphatic hydroxyl groups excluding tert-OH is 1. The second-order valence-electron chi connectivity index (χ2n) is 4.49. The molecule has 0 amide bonds. The van der Waals surface area contributed by atoms with E-state index in [9.17, 15) is 5.11 Å². The summed E-state index contributed by atoms with van der Waals surface area (Å²) in [5.74, 6) is 0.936. The summed E-state index contributed by atoms with van der Waals surface area (Å²) in [7, 11) is 0. The minimum Gasteiger partial charge on any atom is -0.389 e. The zero-order chi connectivity index (χ0) is 13.0. The van der Waals surface area contributed by atoms with Crippen LogP contribution in [0.4, 0.5) is 0 Å². The lowest BCUT2D eigenvalue weighted by Gasteiger charge is -2.11. The summed E-state index contributed by atoms with van der Waals surface area (Å²) < 4.78 is 0. The van der Waals surface area contributed by atoms with E-state index in [4.69, 9.17) is 0 Å². The van der Waals surface area contributed by atoms with Crippen LogP contribution in [0.15, 0.2) is 53.4 Å². The summed E-state index contributed by atoms with van der Waals surface area (Å²) in [5.41, 5.74) is 3.62. The molecule has 1 N–H and O–H groups in total. The highest BCUT2D eigenvalue weighted by Gasteiger charge is 2.07. The van der Waals surface area contributed by atoms with Gasteiger partial charge in [0, 0.05) is 10.6 Å². The molecule has 0 radical (unpaired) electrons. The molecule has 1 nitrogen and oxygen atoms in total. The van der Waals surface area contributed by atoms with Crippen LogP contribution in [-0.2, 0) is 5.75 Å². The monoisotopic (exact) mass is 258 g/mol. The maximum Gasteiger partial charge on any atom is 0.0772 e. The van der Waals surface area contributed by atoms with Crippen LogP contribution < -0.4 is 0 Å². The van der Waals surface area contributed by atoms with E-state index >= 15 is 0 Å². The van der Waals surface area contributed by atoms with Gasteiger partial charge in [-0.1, -0.05) is 48.0 Å². The molecule has 0 aliphatic heterocycles. The highest BCUT2D eigenvalue weighted by molar-refractivity contribution is 7.98. The van der Waals surface area contributed by atoms with Gasteiger partial charge in [0.25, 0.3) is 0 Å². The number of rotatable bonds is 4. The molecule has 2 heteroatoms. The lowest BCUT2D eigenvalue weighted by atomic mass is 10.1. The summed E-state index contributed by atoms with van der Waals surface area (Å²) in [6, 6.07) is 16.6. The first kappa shape index (κ1) is 13.2. The smallest absolute Gasteiger partial charge is 0.0772 e. The number of thioether (sulfide) groups is 1. The van der Waals surface area contributed by atoms with E-state index in [0.717, 1.165) is 16.2 Å². The van der Waals surface area contributed by atoms with Gasteiger partial charge in [-0.3, -0.25) is 0 Å². The number of aryl methyl sites for hydroxylation is 1. The van der Waals surface area contributed by atoms with E-state index in [1.54, 1.807) is 11.8 Å². The van der Waals surface area contributed by atoms with E-state index in [-0.39, 0.29) is 0 Å². The fourth-order valence-electron chi connectivity index (χ4n) is 1.92. The molecule has 0 bridgehead atoms. The first-order chi connectivity index (χ1) is 8.66. The van der Waals surface area contributed by atoms with E-state index in [1.165, 1.54) is 11.1 Å². The molecular weight excluding hydrogens is 240 g/mol. The van der Waals surface area contributed by atoms with E-state index < -0.39 is 6.10 Å². The van der Waals surface area contributed by atoms with Crippen molar-refractivity contribution in [2.45, 2.75) is 30.6 Å². The Bertz CT molecular complexity index is 520. The maximum atomic E-state index is 9.73. The van der Waals surface area contributed by atoms with Crippen molar-refractivity contribution in [2.75, 3.05) is 0 Å². The molecule has 18 heavy (non-hydrogen) atoms. The van der Waals surface area contributed by atoms with Gasteiger partial charge in [0.05, 0.1) is 6.10 Å².